The SMILES string of the molecule is CCS[C@@]1(n2cnc3c(N)ncnc32)O[C@H](CO)[C@@H](O)[C@H]1O. The van der Waals surface area contributed by atoms with Crippen LogP contribution in [-0.2, 0) is 9.79 Å². The number of aromatic nitrogens is 4. The molecule has 3 heterocycles. The van der Waals surface area contributed by atoms with E-state index in [1.165, 1.54) is 29.0 Å². The minimum Gasteiger partial charge on any atom is -0.394 e. The molecular weight excluding hydrogens is 310 g/mol. The van der Waals surface area contributed by atoms with Crippen molar-refractivity contribution < 1.29 is 20.1 Å². The lowest BCUT2D eigenvalue weighted by molar-refractivity contribution is -0.0775. The van der Waals surface area contributed by atoms with Gasteiger partial charge in [-0.3, -0.25) is 4.57 Å². The summed E-state index contributed by atoms with van der Waals surface area (Å²) in [6.45, 7) is 1.48. The summed E-state index contributed by atoms with van der Waals surface area (Å²) >= 11 is 1.27. The highest BCUT2D eigenvalue weighted by molar-refractivity contribution is 7.99. The van der Waals surface area contributed by atoms with Gasteiger partial charge in [-0.05, 0) is 5.75 Å². The first-order valence-corrected chi connectivity index (χ1v) is 7.76. The van der Waals surface area contributed by atoms with E-state index in [-0.39, 0.29) is 5.82 Å². The number of anilines is 1. The lowest BCUT2D eigenvalue weighted by Crippen LogP contribution is -2.43. The number of hydrogen-bond donors (Lipinski definition) is 4. The molecule has 3 rings (SSSR count). The third kappa shape index (κ3) is 2.07. The van der Waals surface area contributed by atoms with Gasteiger partial charge in [-0.15, -0.1) is 11.8 Å². The van der Waals surface area contributed by atoms with Crippen LogP contribution in [0, 0.1) is 0 Å². The number of nitrogen functional groups attached to an aromatic ring is 1. The van der Waals surface area contributed by atoms with Crippen LogP contribution in [0.15, 0.2) is 12.7 Å². The molecule has 2 aromatic heterocycles. The van der Waals surface area contributed by atoms with Crippen LogP contribution in [0.4, 0.5) is 5.82 Å². The molecule has 0 amide bonds. The van der Waals surface area contributed by atoms with Crippen LogP contribution in [0.5, 0.6) is 0 Å². The summed E-state index contributed by atoms with van der Waals surface area (Å²) < 4.78 is 7.32. The average Bonchev–Trinajstić information content (AvgIpc) is 3.04. The number of imidazole rings is 1. The number of aliphatic hydroxyl groups is 3. The van der Waals surface area contributed by atoms with Crippen LogP contribution in [0.1, 0.15) is 6.92 Å². The second-order valence-corrected chi connectivity index (χ2v) is 6.33. The van der Waals surface area contributed by atoms with Crippen LogP contribution in [0.25, 0.3) is 11.2 Å². The highest BCUT2D eigenvalue weighted by Gasteiger charge is 2.56. The fourth-order valence-electron chi connectivity index (χ4n) is 2.60. The van der Waals surface area contributed by atoms with Gasteiger partial charge in [0.05, 0.1) is 6.61 Å². The molecule has 0 unspecified atom stereocenters. The second kappa shape index (κ2) is 5.63. The molecule has 0 aliphatic carbocycles. The number of rotatable bonds is 4. The maximum atomic E-state index is 10.5. The second-order valence-electron chi connectivity index (χ2n) is 4.88. The van der Waals surface area contributed by atoms with Crippen molar-refractivity contribution in [2.75, 3.05) is 18.1 Å². The van der Waals surface area contributed by atoms with Crippen LogP contribution in [0.2, 0.25) is 0 Å². The predicted molar refractivity (Wildman–Crippen MR) is 79.8 cm³/mol. The lowest BCUT2D eigenvalue weighted by Gasteiger charge is -2.32. The van der Waals surface area contributed by atoms with E-state index < -0.39 is 30.0 Å². The summed E-state index contributed by atoms with van der Waals surface area (Å²) in [5.41, 5.74) is 6.55. The number of nitrogens with two attached hydrogens (primary N) is 1. The summed E-state index contributed by atoms with van der Waals surface area (Å²) in [5, 5.41) is 28.6. The van der Waals surface area contributed by atoms with Crippen molar-refractivity contribution in [1.82, 2.24) is 19.5 Å². The smallest absolute Gasteiger partial charge is 0.225 e. The number of fused-ring (bicyclic) bond motifs is 1. The molecule has 0 aromatic carbocycles. The predicted octanol–water partition coefficient (Wildman–Crippen LogP) is -1.12. The van der Waals surface area contributed by atoms with E-state index in [2.05, 4.69) is 15.0 Å². The Kier molecular flexibility index (Phi) is 3.95. The van der Waals surface area contributed by atoms with Crippen molar-refractivity contribution >= 4 is 28.7 Å². The van der Waals surface area contributed by atoms with Gasteiger partial charge in [0, 0.05) is 0 Å². The first-order chi connectivity index (χ1) is 10.5. The average molecular weight is 327 g/mol. The third-order valence-corrected chi connectivity index (χ3v) is 4.86. The molecule has 1 aliphatic rings. The Morgan fingerprint density at radius 3 is 2.82 bits per heavy atom. The minimum absolute atomic E-state index is 0.215. The number of nitrogens with zero attached hydrogens (tertiary/aromatic N) is 4. The van der Waals surface area contributed by atoms with Crippen LogP contribution in [0.3, 0.4) is 0 Å². The normalized spacial score (nSPS) is 31.9. The molecule has 0 radical (unpaired) electrons. The van der Waals surface area contributed by atoms with Crippen molar-refractivity contribution in [3.8, 4) is 0 Å². The number of thioether (sulfide) groups is 1. The third-order valence-electron chi connectivity index (χ3n) is 3.63. The standard InChI is InChI=1S/C12H17N5O4S/c1-2-22-12(9(20)8(19)6(3-18)21-12)17-5-16-7-10(13)14-4-15-11(7)17/h4-6,8-9,18-20H,2-3H2,1H3,(H2,13,14,15)/t6-,8-,9-,12+/m1/s1. The first-order valence-electron chi connectivity index (χ1n) is 6.78. The molecule has 2 aromatic rings. The zero-order valence-corrected chi connectivity index (χ0v) is 12.6. The molecule has 0 saturated carbocycles. The van der Waals surface area contributed by atoms with Gasteiger partial charge in [-0.2, -0.15) is 0 Å². The van der Waals surface area contributed by atoms with Gasteiger partial charge in [0.25, 0.3) is 0 Å². The zero-order valence-electron chi connectivity index (χ0n) is 11.8. The molecule has 0 bridgehead atoms. The van der Waals surface area contributed by atoms with E-state index in [9.17, 15) is 15.3 Å². The highest BCUT2D eigenvalue weighted by Crippen LogP contribution is 2.45. The molecule has 10 heteroatoms. The molecule has 22 heavy (non-hydrogen) atoms. The Morgan fingerprint density at radius 1 is 1.41 bits per heavy atom. The van der Waals surface area contributed by atoms with Crippen molar-refractivity contribution in [2.45, 2.75) is 30.3 Å². The van der Waals surface area contributed by atoms with E-state index in [1.54, 1.807) is 0 Å². The highest BCUT2D eigenvalue weighted by atomic mass is 32.2. The van der Waals surface area contributed by atoms with Gasteiger partial charge in [-0.25, -0.2) is 15.0 Å². The monoisotopic (exact) mass is 327 g/mol. The largest absolute Gasteiger partial charge is 0.394 e. The summed E-state index contributed by atoms with van der Waals surface area (Å²) in [4.78, 5) is 12.2. The maximum absolute atomic E-state index is 10.5. The van der Waals surface area contributed by atoms with Crippen molar-refractivity contribution in [2.24, 2.45) is 0 Å². The fraction of sp³-hybridized carbons (Fsp3) is 0.583. The van der Waals surface area contributed by atoms with Crippen molar-refractivity contribution in [1.29, 1.82) is 0 Å². The molecule has 9 nitrogen and oxygen atoms in total. The molecule has 1 aliphatic heterocycles. The summed E-state index contributed by atoms with van der Waals surface area (Å²) in [5.74, 6) is 0.814. The fourth-order valence-corrected chi connectivity index (χ4v) is 3.78. The summed E-state index contributed by atoms with van der Waals surface area (Å²) in [7, 11) is 0. The van der Waals surface area contributed by atoms with E-state index in [1.807, 2.05) is 6.92 Å². The summed E-state index contributed by atoms with van der Waals surface area (Å²) in [6, 6.07) is 0. The van der Waals surface area contributed by atoms with Gasteiger partial charge in [0.2, 0.25) is 5.06 Å². The van der Waals surface area contributed by atoms with Gasteiger partial charge in [0.15, 0.2) is 11.5 Å². The van der Waals surface area contributed by atoms with Gasteiger partial charge < -0.3 is 25.8 Å². The van der Waals surface area contributed by atoms with E-state index in [4.69, 9.17) is 10.5 Å². The van der Waals surface area contributed by atoms with Gasteiger partial charge >= 0.3 is 0 Å². The van der Waals surface area contributed by atoms with Crippen LogP contribution < -0.4 is 5.73 Å². The van der Waals surface area contributed by atoms with E-state index >= 15 is 0 Å². The minimum atomic E-state index is -1.34. The molecule has 0 spiro atoms. The number of hydrogen-bond acceptors (Lipinski definition) is 9. The number of aliphatic hydroxyl groups excluding tert-OH is 3. The Labute approximate surface area is 130 Å². The van der Waals surface area contributed by atoms with Crippen molar-refractivity contribution in [3.63, 3.8) is 0 Å². The lowest BCUT2D eigenvalue weighted by atomic mass is 10.1. The summed E-state index contributed by atoms with van der Waals surface area (Å²) in [6.07, 6.45) is -0.648. The molecular formula is C12H17N5O4S. The Balaban J connectivity index is 2.17. The topological polar surface area (TPSA) is 140 Å². The van der Waals surface area contributed by atoms with Crippen LogP contribution >= 0.6 is 11.8 Å². The zero-order chi connectivity index (χ0) is 15.9. The molecule has 120 valence electrons. The maximum Gasteiger partial charge on any atom is 0.225 e. The molecule has 5 N–H and O–H groups in total. The van der Waals surface area contributed by atoms with E-state index in [0.717, 1.165) is 0 Å². The van der Waals surface area contributed by atoms with E-state index in [0.29, 0.717) is 16.9 Å². The quantitative estimate of drug-likeness (QED) is 0.550. The van der Waals surface area contributed by atoms with Gasteiger partial charge in [-0.1, -0.05) is 6.92 Å². The Bertz CT molecular complexity index is 683. The molecule has 4 atom stereocenters. The Morgan fingerprint density at radius 2 is 2.18 bits per heavy atom. The number of ether oxygens (including phenoxy) is 1. The van der Waals surface area contributed by atoms with Crippen molar-refractivity contribution in [3.05, 3.63) is 12.7 Å². The molecule has 1 saturated heterocycles. The van der Waals surface area contributed by atoms with Crippen LogP contribution in [-0.4, -0.2) is 65.5 Å². The first kappa shape index (κ1) is 15.4. The Hall–Kier alpha value is -1.46. The molecule has 1 fully saturated rings. The van der Waals surface area contributed by atoms with Gasteiger partial charge in [0.1, 0.15) is 36.5 Å².